The number of carbonyl (C=O) groups excluding carboxylic acids is 1. The van der Waals surface area contributed by atoms with Crippen molar-refractivity contribution in [1.82, 2.24) is 5.09 Å². The minimum absolute atomic E-state index is 0.206. The summed E-state index contributed by atoms with van der Waals surface area (Å²) in [4.78, 5) is 14.1. The number of nitrogens with one attached hydrogen (secondary N) is 1. The zero-order valence-corrected chi connectivity index (χ0v) is 7.24. The Morgan fingerprint density at radius 2 is 2.30 bits per heavy atom. The lowest BCUT2D eigenvalue weighted by atomic mass is 10.5. The second-order valence-electron chi connectivity index (χ2n) is 1.66. The molecule has 0 radical (unpaired) electrons. The first-order valence-corrected chi connectivity index (χ1v) is 3.47. The van der Waals surface area contributed by atoms with Gasteiger partial charge in [-0.3, -0.25) is 4.79 Å². The lowest BCUT2D eigenvalue weighted by Gasteiger charge is -1.94. The van der Waals surface area contributed by atoms with Crippen molar-refractivity contribution in [3.8, 4) is 0 Å². The molecule has 0 saturated heterocycles. The van der Waals surface area contributed by atoms with Crippen molar-refractivity contribution < 1.29 is 4.79 Å². The molecule has 0 heterocycles. The van der Waals surface area contributed by atoms with Gasteiger partial charge in [-0.1, -0.05) is 6.08 Å². The number of hydrogen-bond acceptors (Lipinski definition) is 1. The van der Waals surface area contributed by atoms with Crippen molar-refractivity contribution in [2.24, 2.45) is 4.99 Å². The molecule has 0 saturated carbocycles. The van der Waals surface area contributed by atoms with Crippen molar-refractivity contribution in [2.45, 2.75) is 13.8 Å². The number of amidine groups is 1. The summed E-state index contributed by atoms with van der Waals surface area (Å²) in [6, 6.07) is 0. The quantitative estimate of drug-likeness (QED) is 0.349. The molecule has 3 nitrogen and oxygen atoms in total. The van der Waals surface area contributed by atoms with Crippen LogP contribution in [0, 0.1) is 0 Å². The largest absolute Gasteiger partial charge is 0.354 e. The Hall–Kier alpha value is -0.690. The van der Waals surface area contributed by atoms with E-state index in [4.69, 9.17) is 0 Å². The van der Waals surface area contributed by atoms with E-state index in [1.54, 1.807) is 12.2 Å². The Balaban J connectivity index is 4.18. The molecule has 4 heteroatoms. The average Bonchev–Trinajstić information content (AvgIpc) is 1.86. The third-order valence-electron chi connectivity index (χ3n) is 0.750. The second-order valence-corrected chi connectivity index (χ2v) is 1.95. The summed E-state index contributed by atoms with van der Waals surface area (Å²) in [7, 11) is 2.27. The monoisotopic (exact) mass is 158 g/mol. The predicted molar refractivity (Wildman–Crippen MR) is 45.8 cm³/mol. The molecule has 56 valence electrons. The summed E-state index contributed by atoms with van der Waals surface area (Å²) in [5.74, 6) is 0.350. The highest BCUT2D eigenvalue weighted by atomic mass is 31.0. The zero-order valence-electron chi connectivity index (χ0n) is 6.09. The van der Waals surface area contributed by atoms with Gasteiger partial charge in [-0.15, -0.1) is 0 Å². The number of hydrogen-bond donors (Lipinski definition) is 1. The fourth-order valence-corrected chi connectivity index (χ4v) is 0.606. The summed E-state index contributed by atoms with van der Waals surface area (Å²) >= 11 is 0. The van der Waals surface area contributed by atoms with Crippen LogP contribution in [0.15, 0.2) is 17.1 Å². The minimum Gasteiger partial charge on any atom is -0.354 e. The Kier molecular flexibility index (Phi) is 4.77. The number of rotatable bonds is 1. The van der Waals surface area contributed by atoms with Crippen LogP contribution in [0.3, 0.4) is 0 Å². The van der Waals surface area contributed by atoms with Gasteiger partial charge >= 0.3 is 0 Å². The number of amides is 1. The van der Waals surface area contributed by atoms with Crippen LogP contribution in [-0.2, 0) is 4.79 Å². The molecule has 0 fully saturated rings. The van der Waals surface area contributed by atoms with Gasteiger partial charge in [-0.05, 0) is 22.4 Å². The minimum atomic E-state index is -0.206. The third kappa shape index (κ3) is 4.21. The standard InChI is InChI=1S/C6H11N2OP/c1-3-4-6(8-10)7-5(2)9/h3-4H,10H2,1-2H3,(H,7,8,9)/b4-3-. The molecule has 0 aromatic rings. The van der Waals surface area contributed by atoms with E-state index >= 15 is 0 Å². The third-order valence-corrected chi connectivity index (χ3v) is 1.05. The van der Waals surface area contributed by atoms with Crippen molar-refractivity contribution >= 4 is 21.1 Å². The van der Waals surface area contributed by atoms with Gasteiger partial charge in [0.15, 0.2) is 0 Å². The second kappa shape index (κ2) is 5.12. The lowest BCUT2D eigenvalue weighted by Crippen LogP contribution is -2.10. The van der Waals surface area contributed by atoms with Crippen LogP contribution in [0.5, 0.6) is 0 Å². The lowest BCUT2D eigenvalue weighted by molar-refractivity contribution is -0.115. The molecule has 1 amide bonds. The van der Waals surface area contributed by atoms with E-state index in [-0.39, 0.29) is 5.91 Å². The molecule has 10 heavy (non-hydrogen) atoms. The van der Waals surface area contributed by atoms with Gasteiger partial charge in [0, 0.05) is 6.92 Å². The summed E-state index contributed by atoms with van der Waals surface area (Å²) in [6.45, 7) is 3.27. The first-order valence-electron chi connectivity index (χ1n) is 2.89. The number of aliphatic imine (C=N–C) groups is 1. The van der Waals surface area contributed by atoms with E-state index < -0.39 is 0 Å². The first-order chi connectivity index (χ1) is 4.70. The van der Waals surface area contributed by atoms with Gasteiger partial charge in [0.1, 0.15) is 5.84 Å². The van der Waals surface area contributed by atoms with E-state index in [2.05, 4.69) is 19.5 Å². The molecule has 0 spiro atoms. The summed E-state index contributed by atoms with van der Waals surface area (Å²) in [5, 5.41) is 2.69. The Labute approximate surface area is 62.9 Å². The van der Waals surface area contributed by atoms with Crippen LogP contribution < -0.4 is 5.09 Å². The van der Waals surface area contributed by atoms with Crippen LogP contribution in [0.25, 0.3) is 0 Å². The fourth-order valence-electron chi connectivity index (χ4n) is 0.445. The molecule has 0 bridgehead atoms. The van der Waals surface area contributed by atoms with E-state index in [0.29, 0.717) is 5.84 Å². The van der Waals surface area contributed by atoms with Crippen molar-refractivity contribution in [3.05, 3.63) is 12.2 Å². The summed E-state index contributed by atoms with van der Waals surface area (Å²) in [5.41, 5.74) is 0. The van der Waals surface area contributed by atoms with Crippen molar-refractivity contribution in [3.63, 3.8) is 0 Å². The molecule has 0 aromatic heterocycles. The van der Waals surface area contributed by atoms with E-state index in [0.717, 1.165) is 0 Å². The number of carbonyl (C=O) groups is 1. The summed E-state index contributed by atoms with van der Waals surface area (Å²) in [6.07, 6.45) is 3.52. The van der Waals surface area contributed by atoms with Gasteiger partial charge < -0.3 is 5.09 Å². The normalized spacial score (nSPS) is 12.1. The molecule has 1 atom stereocenters. The maximum atomic E-state index is 10.4. The van der Waals surface area contributed by atoms with Gasteiger partial charge in [0.05, 0.1) is 0 Å². The summed E-state index contributed by atoms with van der Waals surface area (Å²) < 4.78 is 0. The Bertz CT molecular complexity index is 175. The van der Waals surface area contributed by atoms with Gasteiger partial charge in [-0.2, -0.15) is 4.99 Å². The highest BCUT2D eigenvalue weighted by Gasteiger charge is 1.89. The molecule has 0 aliphatic heterocycles. The van der Waals surface area contributed by atoms with Gasteiger partial charge in [-0.25, -0.2) is 0 Å². The molecule has 0 aromatic carbocycles. The first kappa shape index (κ1) is 9.31. The zero-order chi connectivity index (χ0) is 7.98. The van der Waals surface area contributed by atoms with Crippen molar-refractivity contribution in [2.75, 3.05) is 0 Å². The van der Waals surface area contributed by atoms with E-state index in [1.807, 2.05) is 6.92 Å². The topological polar surface area (TPSA) is 41.5 Å². The fraction of sp³-hybridized carbons (Fsp3) is 0.333. The van der Waals surface area contributed by atoms with Crippen LogP contribution >= 0.6 is 9.39 Å². The predicted octanol–water partition coefficient (Wildman–Crippen LogP) is 0.887. The smallest absolute Gasteiger partial charge is 0.244 e. The SMILES string of the molecule is C/C=C\C(=N/C(C)=O)NP. The Morgan fingerprint density at radius 1 is 1.70 bits per heavy atom. The number of allylic oxidation sites excluding steroid dienone is 1. The van der Waals surface area contributed by atoms with Gasteiger partial charge in [0.25, 0.3) is 0 Å². The number of nitrogens with zero attached hydrogens (tertiary/aromatic N) is 1. The molecular weight excluding hydrogens is 147 g/mol. The molecular formula is C6H11N2OP. The van der Waals surface area contributed by atoms with Crippen LogP contribution in [-0.4, -0.2) is 11.7 Å². The average molecular weight is 158 g/mol. The molecule has 1 unspecified atom stereocenters. The van der Waals surface area contributed by atoms with E-state index in [1.165, 1.54) is 6.92 Å². The van der Waals surface area contributed by atoms with Gasteiger partial charge in [0.2, 0.25) is 5.91 Å². The van der Waals surface area contributed by atoms with Crippen molar-refractivity contribution in [1.29, 1.82) is 0 Å². The van der Waals surface area contributed by atoms with Crippen LogP contribution in [0.4, 0.5) is 0 Å². The molecule has 0 rings (SSSR count). The molecule has 1 N–H and O–H groups in total. The maximum absolute atomic E-state index is 10.4. The van der Waals surface area contributed by atoms with E-state index in [9.17, 15) is 4.79 Å². The van der Waals surface area contributed by atoms with Crippen LogP contribution in [0.2, 0.25) is 0 Å². The Morgan fingerprint density at radius 3 is 2.60 bits per heavy atom. The molecule has 0 aliphatic carbocycles. The maximum Gasteiger partial charge on any atom is 0.244 e. The van der Waals surface area contributed by atoms with Crippen LogP contribution in [0.1, 0.15) is 13.8 Å². The molecule has 0 aliphatic rings. The highest BCUT2D eigenvalue weighted by molar-refractivity contribution is 7.15. The highest BCUT2D eigenvalue weighted by Crippen LogP contribution is 1.83.